The molecule has 1 fully saturated rings. The largest absolute Gasteiger partial charge is 0.379 e. The van der Waals surface area contributed by atoms with Crippen molar-refractivity contribution < 1.29 is 19.2 Å². The number of hydrogen-bond donors (Lipinski definition) is 0. The molecule has 9 heteroatoms. The minimum absolute atomic E-state index is 0.0613. The van der Waals surface area contributed by atoms with Gasteiger partial charge in [0.15, 0.2) is 0 Å². The van der Waals surface area contributed by atoms with Gasteiger partial charge < -0.3 is 4.74 Å². The topological polar surface area (TPSA) is 93.0 Å². The van der Waals surface area contributed by atoms with Crippen LogP contribution >= 0.6 is 11.8 Å². The summed E-state index contributed by atoms with van der Waals surface area (Å²) in [6.45, 7) is 3.72. The number of hydrogen-bond acceptors (Lipinski definition) is 7. The zero-order chi connectivity index (χ0) is 22.5. The Morgan fingerprint density at radius 2 is 1.62 bits per heavy atom. The zero-order valence-electron chi connectivity index (χ0n) is 17.4. The van der Waals surface area contributed by atoms with E-state index in [1.165, 1.54) is 40.9 Å². The maximum Gasteiger partial charge on any atom is 0.269 e. The standard InChI is InChI=1S/C23H23N3O5S/c27-22-20(18-6-8-19(9-7-18)26(29)30)21(32-16-17-4-2-1-3-5-17)23(28)25(22)11-10-24-12-14-31-15-13-24/h1-9H,10-16H2. The van der Waals surface area contributed by atoms with Gasteiger partial charge in [0.05, 0.1) is 28.6 Å². The second-order valence-electron chi connectivity index (χ2n) is 7.50. The van der Waals surface area contributed by atoms with Gasteiger partial charge in [-0.2, -0.15) is 0 Å². The Hall–Kier alpha value is -3.01. The average Bonchev–Trinajstić information content (AvgIpc) is 3.06. The molecule has 4 rings (SSSR count). The summed E-state index contributed by atoms with van der Waals surface area (Å²) in [6, 6.07) is 15.5. The molecule has 2 aliphatic heterocycles. The highest BCUT2D eigenvalue weighted by Gasteiger charge is 2.39. The molecule has 0 spiro atoms. The number of nitro groups is 1. The van der Waals surface area contributed by atoms with Crippen molar-refractivity contribution in [2.24, 2.45) is 0 Å². The van der Waals surface area contributed by atoms with Gasteiger partial charge in [-0.05, 0) is 23.3 Å². The van der Waals surface area contributed by atoms with Gasteiger partial charge in [0, 0.05) is 44.1 Å². The molecule has 166 valence electrons. The number of thioether (sulfide) groups is 1. The third-order valence-corrected chi connectivity index (χ3v) is 6.61. The highest BCUT2D eigenvalue weighted by molar-refractivity contribution is 8.03. The molecule has 8 nitrogen and oxygen atoms in total. The molecular formula is C23H23N3O5S. The molecule has 0 unspecified atom stereocenters. The minimum atomic E-state index is -0.487. The summed E-state index contributed by atoms with van der Waals surface area (Å²) < 4.78 is 5.36. The number of rotatable bonds is 8. The van der Waals surface area contributed by atoms with E-state index in [-0.39, 0.29) is 17.5 Å². The van der Waals surface area contributed by atoms with Gasteiger partial charge in [-0.1, -0.05) is 30.3 Å². The Morgan fingerprint density at radius 1 is 0.938 bits per heavy atom. The van der Waals surface area contributed by atoms with Crippen LogP contribution in [-0.4, -0.2) is 65.9 Å². The lowest BCUT2D eigenvalue weighted by Crippen LogP contribution is -2.43. The number of carbonyl (C=O) groups excluding carboxylic acids is 2. The number of non-ortho nitro benzene ring substituents is 1. The third-order valence-electron chi connectivity index (χ3n) is 5.46. The van der Waals surface area contributed by atoms with Crippen LogP contribution in [0.2, 0.25) is 0 Å². The smallest absolute Gasteiger partial charge is 0.269 e. The van der Waals surface area contributed by atoms with Crippen LogP contribution in [0.5, 0.6) is 0 Å². The molecule has 0 aromatic heterocycles. The van der Waals surface area contributed by atoms with Crippen molar-refractivity contribution in [2.75, 3.05) is 39.4 Å². The molecule has 0 aliphatic carbocycles. The maximum atomic E-state index is 13.3. The molecule has 0 radical (unpaired) electrons. The van der Waals surface area contributed by atoms with Gasteiger partial charge in [-0.3, -0.25) is 29.5 Å². The van der Waals surface area contributed by atoms with Crippen molar-refractivity contribution in [1.82, 2.24) is 9.80 Å². The minimum Gasteiger partial charge on any atom is -0.379 e. The fourth-order valence-corrected chi connectivity index (χ4v) is 4.78. The molecule has 2 aromatic carbocycles. The van der Waals surface area contributed by atoms with E-state index in [1.807, 2.05) is 30.3 Å². The molecule has 0 N–H and O–H groups in total. The summed E-state index contributed by atoms with van der Waals surface area (Å²) in [6.07, 6.45) is 0. The Kier molecular flexibility index (Phi) is 6.99. The van der Waals surface area contributed by atoms with Gasteiger partial charge >= 0.3 is 0 Å². The molecular weight excluding hydrogens is 430 g/mol. The van der Waals surface area contributed by atoms with Crippen molar-refractivity contribution in [3.05, 3.63) is 80.7 Å². The van der Waals surface area contributed by atoms with Crippen LogP contribution in [0.1, 0.15) is 11.1 Å². The molecule has 2 aliphatic rings. The van der Waals surface area contributed by atoms with Gasteiger partial charge in [-0.15, -0.1) is 11.8 Å². The van der Waals surface area contributed by atoms with Gasteiger partial charge in [0.2, 0.25) is 0 Å². The predicted octanol–water partition coefficient (Wildman–Crippen LogP) is 2.94. The van der Waals surface area contributed by atoms with Crippen LogP contribution in [0.3, 0.4) is 0 Å². The summed E-state index contributed by atoms with van der Waals surface area (Å²) in [5.74, 6) is -0.117. The number of morpholine rings is 1. The molecule has 0 atom stereocenters. The first-order valence-corrected chi connectivity index (χ1v) is 11.4. The summed E-state index contributed by atoms with van der Waals surface area (Å²) in [5.41, 5.74) is 1.81. The first-order chi connectivity index (χ1) is 15.5. The zero-order valence-corrected chi connectivity index (χ0v) is 18.3. The van der Waals surface area contributed by atoms with E-state index in [1.54, 1.807) is 0 Å². The fourth-order valence-electron chi connectivity index (χ4n) is 3.69. The molecule has 1 saturated heterocycles. The molecule has 0 bridgehead atoms. The predicted molar refractivity (Wildman–Crippen MR) is 122 cm³/mol. The van der Waals surface area contributed by atoms with Crippen LogP contribution < -0.4 is 0 Å². The number of nitro benzene ring substituents is 1. The van der Waals surface area contributed by atoms with Gasteiger partial charge in [-0.25, -0.2) is 0 Å². The van der Waals surface area contributed by atoms with E-state index >= 15 is 0 Å². The first-order valence-electron chi connectivity index (χ1n) is 10.4. The molecule has 2 aromatic rings. The van der Waals surface area contributed by atoms with Crippen molar-refractivity contribution in [3.63, 3.8) is 0 Å². The Labute approximate surface area is 190 Å². The molecule has 2 amide bonds. The lowest BCUT2D eigenvalue weighted by Gasteiger charge is -2.28. The number of imide groups is 1. The lowest BCUT2D eigenvalue weighted by molar-refractivity contribution is -0.384. The van der Waals surface area contributed by atoms with Crippen LogP contribution in [0.25, 0.3) is 5.57 Å². The average molecular weight is 454 g/mol. The number of ether oxygens (including phenoxy) is 1. The van der Waals surface area contributed by atoms with E-state index < -0.39 is 4.92 Å². The Balaban J connectivity index is 1.58. The van der Waals surface area contributed by atoms with Crippen LogP contribution in [0.4, 0.5) is 5.69 Å². The fraction of sp³-hybridized carbons (Fsp3) is 0.304. The van der Waals surface area contributed by atoms with E-state index in [0.29, 0.717) is 48.1 Å². The SMILES string of the molecule is O=C1C(SCc2ccccc2)=C(c2ccc([N+](=O)[O-])cc2)C(=O)N1CCN1CCOCC1. The monoisotopic (exact) mass is 453 g/mol. The van der Waals surface area contributed by atoms with E-state index in [0.717, 1.165) is 18.7 Å². The van der Waals surface area contributed by atoms with E-state index in [2.05, 4.69) is 4.90 Å². The van der Waals surface area contributed by atoms with Gasteiger partial charge in [0.25, 0.3) is 17.5 Å². The normalized spacial score (nSPS) is 17.3. The number of benzene rings is 2. The summed E-state index contributed by atoms with van der Waals surface area (Å²) in [7, 11) is 0. The highest BCUT2D eigenvalue weighted by atomic mass is 32.2. The summed E-state index contributed by atoms with van der Waals surface area (Å²) >= 11 is 1.33. The summed E-state index contributed by atoms with van der Waals surface area (Å²) in [4.78, 5) is 40.9. The number of carbonyl (C=O) groups is 2. The number of nitrogens with zero attached hydrogens (tertiary/aromatic N) is 3. The number of amides is 2. The van der Waals surface area contributed by atoms with Crippen molar-refractivity contribution >= 4 is 34.8 Å². The highest BCUT2D eigenvalue weighted by Crippen LogP contribution is 2.37. The Morgan fingerprint density at radius 3 is 2.28 bits per heavy atom. The maximum absolute atomic E-state index is 13.3. The van der Waals surface area contributed by atoms with Crippen LogP contribution in [0, 0.1) is 10.1 Å². The third kappa shape index (κ3) is 4.90. The van der Waals surface area contributed by atoms with Gasteiger partial charge in [0.1, 0.15) is 0 Å². The van der Waals surface area contributed by atoms with E-state index in [4.69, 9.17) is 4.74 Å². The second-order valence-corrected chi connectivity index (χ2v) is 8.48. The Bertz CT molecular complexity index is 1030. The molecule has 2 heterocycles. The van der Waals surface area contributed by atoms with Crippen LogP contribution in [0.15, 0.2) is 59.5 Å². The van der Waals surface area contributed by atoms with Crippen LogP contribution in [-0.2, 0) is 20.1 Å². The lowest BCUT2D eigenvalue weighted by atomic mass is 10.1. The second kappa shape index (κ2) is 10.1. The van der Waals surface area contributed by atoms with Crippen molar-refractivity contribution in [1.29, 1.82) is 0 Å². The van der Waals surface area contributed by atoms with E-state index in [9.17, 15) is 19.7 Å². The molecule has 0 saturated carbocycles. The molecule has 32 heavy (non-hydrogen) atoms. The quantitative estimate of drug-likeness (QED) is 0.345. The summed E-state index contributed by atoms with van der Waals surface area (Å²) in [5, 5.41) is 11.0. The van der Waals surface area contributed by atoms with Crippen molar-refractivity contribution in [3.8, 4) is 0 Å². The first kappa shape index (κ1) is 22.2. The van der Waals surface area contributed by atoms with Crippen molar-refractivity contribution in [2.45, 2.75) is 5.75 Å².